The van der Waals surface area contributed by atoms with Gasteiger partial charge in [-0.3, -0.25) is 4.98 Å². The predicted octanol–water partition coefficient (Wildman–Crippen LogP) is 5.46. The molecule has 5 rings (SSSR count). The van der Waals surface area contributed by atoms with E-state index in [1.54, 1.807) is 0 Å². The molecule has 0 spiro atoms. The maximum atomic E-state index is 4.54. The molecular weight excluding hydrogens is 318 g/mol. The van der Waals surface area contributed by atoms with Crippen LogP contribution in [-0.2, 0) is 7.05 Å². The van der Waals surface area contributed by atoms with Gasteiger partial charge in [0, 0.05) is 35.8 Å². The number of pyridine rings is 2. The minimum absolute atomic E-state index is 0.989. The van der Waals surface area contributed by atoms with E-state index in [9.17, 15) is 0 Å². The molecule has 124 valence electrons. The van der Waals surface area contributed by atoms with Crippen LogP contribution in [0.2, 0.25) is 0 Å². The van der Waals surface area contributed by atoms with E-state index in [0.29, 0.717) is 0 Å². The first-order valence-electron chi connectivity index (χ1n) is 8.67. The van der Waals surface area contributed by atoms with E-state index in [1.165, 1.54) is 27.4 Å². The van der Waals surface area contributed by atoms with E-state index < -0.39 is 0 Å². The van der Waals surface area contributed by atoms with E-state index >= 15 is 0 Å². The average Bonchev–Trinajstić information content (AvgIpc) is 3.01. The molecule has 3 aromatic heterocycles. The van der Waals surface area contributed by atoms with E-state index in [1.807, 2.05) is 30.6 Å². The van der Waals surface area contributed by atoms with Crippen LogP contribution in [0, 0.1) is 0 Å². The fourth-order valence-corrected chi connectivity index (χ4v) is 3.68. The molecule has 26 heavy (non-hydrogen) atoms. The van der Waals surface area contributed by atoms with Crippen LogP contribution in [0.5, 0.6) is 0 Å². The average molecular weight is 335 g/mol. The second-order valence-corrected chi connectivity index (χ2v) is 6.43. The molecule has 0 N–H and O–H groups in total. The van der Waals surface area contributed by atoms with Crippen LogP contribution in [0.4, 0.5) is 0 Å². The van der Waals surface area contributed by atoms with Crippen molar-refractivity contribution in [2.75, 3.05) is 0 Å². The van der Waals surface area contributed by atoms with Gasteiger partial charge in [-0.2, -0.15) is 0 Å². The van der Waals surface area contributed by atoms with Gasteiger partial charge in [0.2, 0.25) is 0 Å². The molecule has 0 saturated carbocycles. The molecule has 0 saturated heterocycles. The fraction of sp³-hybridized carbons (Fsp3) is 0.0435. The Hall–Kier alpha value is -3.46. The molecule has 0 aliphatic heterocycles. The highest BCUT2D eigenvalue weighted by molar-refractivity contribution is 6.08. The lowest BCUT2D eigenvalue weighted by Crippen LogP contribution is -1.89. The van der Waals surface area contributed by atoms with Gasteiger partial charge in [0.05, 0.1) is 11.2 Å². The van der Waals surface area contributed by atoms with Crippen LogP contribution in [0.3, 0.4) is 0 Å². The van der Waals surface area contributed by atoms with Gasteiger partial charge in [0.15, 0.2) is 0 Å². The normalized spacial score (nSPS) is 11.3. The van der Waals surface area contributed by atoms with E-state index in [2.05, 4.69) is 76.2 Å². The first kappa shape index (κ1) is 14.8. The van der Waals surface area contributed by atoms with Crippen molar-refractivity contribution in [3.63, 3.8) is 0 Å². The number of hydrogen-bond donors (Lipinski definition) is 0. The van der Waals surface area contributed by atoms with Gasteiger partial charge >= 0.3 is 0 Å². The molecular formula is C23H17N3. The van der Waals surface area contributed by atoms with Gasteiger partial charge < -0.3 is 4.57 Å². The van der Waals surface area contributed by atoms with Gasteiger partial charge in [0.1, 0.15) is 5.65 Å². The summed E-state index contributed by atoms with van der Waals surface area (Å²) in [6.07, 6.45) is 3.68. The van der Waals surface area contributed by atoms with Crippen molar-refractivity contribution >= 4 is 21.9 Å². The van der Waals surface area contributed by atoms with Gasteiger partial charge in [-0.05, 0) is 47.5 Å². The zero-order valence-corrected chi connectivity index (χ0v) is 14.4. The van der Waals surface area contributed by atoms with Gasteiger partial charge in [0.25, 0.3) is 0 Å². The quantitative estimate of drug-likeness (QED) is 0.429. The second kappa shape index (κ2) is 5.81. The highest BCUT2D eigenvalue weighted by atomic mass is 15.0. The van der Waals surface area contributed by atoms with Crippen molar-refractivity contribution in [2.45, 2.75) is 0 Å². The second-order valence-electron chi connectivity index (χ2n) is 6.43. The molecule has 2 aromatic carbocycles. The maximum Gasteiger partial charge on any atom is 0.140 e. The Bertz CT molecular complexity index is 1240. The number of hydrogen-bond acceptors (Lipinski definition) is 2. The Morgan fingerprint density at radius 2 is 1.50 bits per heavy atom. The predicted molar refractivity (Wildman–Crippen MR) is 107 cm³/mol. The zero-order chi connectivity index (χ0) is 17.5. The van der Waals surface area contributed by atoms with E-state index in [-0.39, 0.29) is 0 Å². The first-order valence-corrected chi connectivity index (χ1v) is 8.67. The molecule has 3 nitrogen and oxygen atoms in total. The van der Waals surface area contributed by atoms with Crippen molar-refractivity contribution in [3.05, 3.63) is 85.2 Å². The Morgan fingerprint density at radius 3 is 2.35 bits per heavy atom. The molecule has 0 fully saturated rings. The molecule has 5 aromatic rings. The lowest BCUT2D eigenvalue weighted by atomic mass is 9.96. The summed E-state index contributed by atoms with van der Waals surface area (Å²) in [5.41, 5.74) is 6.72. The Morgan fingerprint density at radius 1 is 0.692 bits per heavy atom. The topological polar surface area (TPSA) is 30.7 Å². The molecule has 0 unspecified atom stereocenters. The highest BCUT2D eigenvalue weighted by Crippen LogP contribution is 2.35. The summed E-state index contributed by atoms with van der Waals surface area (Å²) in [4.78, 5) is 9.08. The zero-order valence-electron chi connectivity index (χ0n) is 14.4. The standard InChI is InChI=1S/C23H17N3/c1-26-22-12-11-16(15-20(22)19-9-6-14-25-23(19)26)17-7-2-3-8-18(17)21-10-4-5-13-24-21/h2-15H,1H3. The number of rotatable bonds is 2. The van der Waals surface area contributed by atoms with Crippen LogP contribution in [0.15, 0.2) is 85.2 Å². The summed E-state index contributed by atoms with van der Waals surface area (Å²) < 4.78 is 2.15. The number of benzene rings is 2. The first-order chi connectivity index (χ1) is 12.8. The molecule has 0 aliphatic rings. The van der Waals surface area contributed by atoms with Crippen molar-refractivity contribution in [2.24, 2.45) is 7.05 Å². The largest absolute Gasteiger partial charge is 0.328 e. The van der Waals surface area contributed by atoms with E-state index in [4.69, 9.17) is 0 Å². The van der Waals surface area contributed by atoms with Gasteiger partial charge in [-0.25, -0.2) is 4.98 Å². The van der Waals surface area contributed by atoms with Crippen molar-refractivity contribution < 1.29 is 0 Å². The van der Waals surface area contributed by atoms with Crippen LogP contribution in [0.25, 0.3) is 44.3 Å². The lowest BCUT2D eigenvalue weighted by Gasteiger charge is -2.10. The number of nitrogens with zero attached hydrogens (tertiary/aromatic N) is 3. The minimum atomic E-state index is 0.989. The molecule has 0 radical (unpaired) electrons. The molecule has 3 heteroatoms. The van der Waals surface area contributed by atoms with Crippen molar-refractivity contribution in [3.8, 4) is 22.4 Å². The van der Waals surface area contributed by atoms with Gasteiger partial charge in [-0.1, -0.05) is 36.4 Å². The Kier molecular flexibility index (Phi) is 3.32. The molecule has 0 bridgehead atoms. The third-order valence-electron chi connectivity index (χ3n) is 4.93. The monoisotopic (exact) mass is 335 g/mol. The molecule has 0 atom stereocenters. The summed E-state index contributed by atoms with van der Waals surface area (Å²) in [5, 5.41) is 2.41. The summed E-state index contributed by atoms with van der Waals surface area (Å²) in [7, 11) is 2.07. The molecule has 0 aliphatic carbocycles. The summed E-state index contributed by atoms with van der Waals surface area (Å²) in [6.45, 7) is 0. The Balaban J connectivity index is 1.78. The smallest absolute Gasteiger partial charge is 0.140 e. The molecule has 3 heterocycles. The van der Waals surface area contributed by atoms with Crippen LogP contribution in [0.1, 0.15) is 0 Å². The summed E-state index contributed by atoms with van der Waals surface area (Å²) in [5.74, 6) is 0. The van der Waals surface area contributed by atoms with Gasteiger partial charge in [-0.15, -0.1) is 0 Å². The minimum Gasteiger partial charge on any atom is -0.328 e. The number of aromatic nitrogens is 3. The SMILES string of the molecule is Cn1c2ccc(-c3ccccc3-c3ccccn3)cc2c2cccnc21. The Labute approximate surface area is 151 Å². The number of fused-ring (bicyclic) bond motifs is 3. The van der Waals surface area contributed by atoms with Crippen LogP contribution in [-0.4, -0.2) is 14.5 Å². The third kappa shape index (κ3) is 2.21. The van der Waals surface area contributed by atoms with Crippen LogP contribution >= 0.6 is 0 Å². The maximum absolute atomic E-state index is 4.54. The van der Waals surface area contributed by atoms with E-state index in [0.717, 1.165) is 16.9 Å². The third-order valence-corrected chi connectivity index (χ3v) is 4.93. The van der Waals surface area contributed by atoms with Crippen LogP contribution < -0.4 is 0 Å². The van der Waals surface area contributed by atoms with Crippen molar-refractivity contribution in [1.82, 2.24) is 14.5 Å². The molecule has 0 amide bonds. The fourth-order valence-electron chi connectivity index (χ4n) is 3.68. The lowest BCUT2D eigenvalue weighted by molar-refractivity contribution is 0.990. The van der Waals surface area contributed by atoms with Crippen molar-refractivity contribution in [1.29, 1.82) is 0 Å². The summed E-state index contributed by atoms with van der Waals surface area (Å²) >= 11 is 0. The summed E-state index contributed by atoms with van der Waals surface area (Å²) in [6, 6.07) is 25.2. The number of aryl methyl sites for hydroxylation is 1. The highest BCUT2D eigenvalue weighted by Gasteiger charge is 2.12.